The molecular formula is C26H30N2O. The molecule has 1 aromatic heterocycles. The van der Waals surface area contributed by atoms with Crippen molar-refractivity contribution >= 4 is 16.7 Å². The average molecular weight is 387 g/mol. The van der Waals surface area contributed by atoms with Crippen LogP contribution >= 0.6 is 0 Å². The Kier molecular flexibility index (Phi) is 4.79. The van der Waals surface area contributed by atoms with Crippen molar-refractivity contribution in [1.29, 1.82) is 0 Å². The molecule has 0 spiro atoms. The summed E-state index contributed by atoms with van der Waals surface area (Å²) in [5.41, 5.74) is 7.26. The van der Waals surface area contributed by atoms with E-state index in [0.29, 0.717) is 11.7 Å². The summed E-state index contributed by atoms with van der Waals surface area (Å²) in [7, 11) is 0. The summed E-state index contributed by atoms with van der Waals surface area (Å²) in [6, 6.07) is 15.2. The predicted molar refractivity (Wildman–Crippen MR) is 118 cm³/mol. The first kappa shape index (κ1) is 18.6. The lowest BCUT2D eigenvalue weighted by atomic mass is 9.85. The van der Waals surface area contributed by atoms with E-state index in [1.54, 1.807) is 0 Å². The van der Waals surface area contributed by atoms with Crippen LogP contribution in [0.3, 0.4) is 0 Å². The smallest absolute Gasteiger partial charge is 0.182 e. The monoisotopic (exact) mass is 386 g/mol. The fraction of sp³-hybridized carbons (Fsp3) is 0.423. The summed E-state index contributed by atoms with van der Waals surface area (Å²) in [6.45, 7) is 7.63. The summed E-state index contributed by atoms with van der Waals surface area (Å²) in [6.07, 6.45) is 4.39. The molecule has 3 nitrogen and oxygen atoms in total. The summed E-state index contributed by atoms with van der Waals surface area (Å²) in [5, 5.41) is 1.26. The Balaban J connectivity index is 1.22. The van der Waals surface area contributed by atoms with Gasteiger partial charge in [0.2, 0.25) is 0 Å². The predicted octanol–water partition coefficient (Wildman–Crippen LogP) is 5.44. The van der Waals surface area contributed by atoms with Gasteiger partial charge < -0.3 is 4.98 Å². The zero-order chi connectivity index (χ0) is 20.0. The van der Waals surface area contributed by atoms with Crippen LogP contribution in [0.25, 0.3) is 10.9 Å². The third-order valence-electron chi connectivity index (χ3n) is 7.16. The first-order valence-electron chi connectivity index (χ1n) is 11.0. The number of aromatic amines is 1. The molecule has 2 aliphatic rings. The van der Waals surface area contributed by atoms with Gasteiger partial charge in [-0.3, -0.25) is 9.69 Å². The van der Waals surface area contributed by atoms with Crippen LogP contribution in [0, 0.1) is 25.7 Å². The number of H-pyrrole nitrogens is 1. The highest BCUT2D eigenvalue weighted by molar-refractivity contribution is 6.07. The zero-order valence-corrected chi connectivity index (χ0v) is 17.5. The second-order valence-electron chi connectivity index (χ2n) is 9.17. The molecule has 1 saturated heterocycles. The van der Waals surface area contributed by atoms with E-state index in [1.807, 2.05) is 0 Å². The number of benzene rings is 2. The van der Waals surface area contributed by atoms with Gasteiger partial charge in [0.15, 0.2) is 5.78 Å². The molecule has 1 atom stereocenters. The van der Waals surface area contributed by atoms with Crippen LogP contribution in [0.15, 0.2) is 42.5 Å². The quantitative estimate of drug-likeness (QED) is 0.648. The summed E-state index contributed by atoms with van der Waals surface area (Å²) in [4.78, 5) is 19.1. The molecule has 2 aromatic carbocycles. The van der Waals surface area contributed by atoms with E-state index < -0.39 is 0 Å². The zero-order valence-electron chi connectivity index (χ0n) is 17.5. The highest BCUT2D eigenvalue weighted by Crippen LogP contribution is 2.38. The number of piperidine rings is 1. The Morgan fingerprint density at radius 3 is 2.52 bits per heavy atom. The largest absolute Gasteiger partial charge is 0.352 e. The minimum Gasteiger partial charge on any atom is -0.352 e. The van der Waals surface area contributed by atoms with Crippen molar-refractivity contribution in [3.05, 3.63) is 70.4 Å². The highest BCUT2D eigenvalue weighted by Gasteiger charge is 2.35. The Morgan fingerprint density at radius 2 is 1.76 bits per heavy atom. The van der Waals surface area contributed by atoms with E-state index in [-0.39, 0.29) is 5.92 Å². The number of aryl methyl sites for hydroxylation is 2. The van der Waals surface area contributed by atoms with Gasteiger partial charge in [0.25, 0.3) is 0 Å². The molecule has 0 amide bonds. The molecule has 29 heavy (non-hydrogen) atoms. The van der Waals surface area contributed by atoms with E-state index >= 15 is 0 Å². The maximum Gasteiger partial charge on any atom is 0.182 e. The fourth-order valence-electron chi connectivity index (χ4n) is 5.29. The molecule has 3 heteroatoms. The maximum atomic E-state index is 13.1. The lowest BCUT2D eigenvalue weighted by molar-refractivity contribution is 0.0892. The molecular weight excluding hydrogens is 356 g/mol. The van der Waals surface area contributed by atoms with Gasteiger partial charge in [-0.1, -0.05) is 30.3 Å². The normalized spacial score (nSPS) is 20.5. The van der Waals surface area contributed by atoms with Crippen molar-refractivity contribution in [1.82, 2.24) is 9.88 Å². The third-order valence-corrected chi connectivity index (χ3v) is 7.16. The van der Waals surface area contributed by atoms with Crippen LogP contribution in [0.1, 0.15) is 52.0 Å². The summed E-state index contributed by atoms with van der Waals surface area (Å²) < 4.78 is 0. The average Bonchev–Trinajstić information content (AvgIpc) is 3.21. The molecule has 1 aliphatic carbocycles. The molecule has 1 N–H and O–H groups in total. The standard InChI is InChI=1S/C26H30N2O/c1-17-12-22-23-15-21(26(29)25(23)27-24(22)13-18(17)2)14-19-8-10-28(11-9-19)16-20-6-4-3-5-7-20/h3-7,12-13,19,21,27H,8-11,14-16H2,1-2H3. The Hall–Kier alpha value is -2.39. The number of hydrogen-bond donors (Lipinski definition) is 1. The van der Waals surface area contributed by atoms with E-state index in [2.05, 4.69) is 66.2 Å². The Labute approximate surface area is 173 Å². The number of rotatable bonds is 4. The summed E-state index contributed by atoms with van der Waals surface area (Å²) >= 11 is 0. The van der Waals surface area contributed by atoms with E-state index in [9.17, 15) is 4.79 Å². The molecule has 0 saturated carbocycles. The van der Waals surface area contributed by atoms with Crippen LogP contribution < -0.4 is 0 Å². The van der Waals surface area contributed by atoms with Crippen molar-refractivity contribution in [3.8, 4) is 0 Å². The number of nitrogens with one attached hydrogen (secondary N) is 1. The topological polar surface area (TPSA) is 36.1 Å². The van der Waals surface area contributed by atoms with Crippen molar-refractivity contribution in [2.24, 2.45) is 11.8 Å². The number of ketones is 1. The van der Waals surface area contributed by atoms with Crippen LogP contribution in [0.4, 0.5) is 0 Å². The van der Waals surface area contributed by atoms with E-state index in [4.69, 9.17) is 0 Å². The van der Waals surface area contributed by atoms with Crippen molar-refractivity contribution in [2.45, 2.75) is 46.1 Å². The van der Waals surface area contributed by atoms with Gasteiger partial charge in [-0.05, 0) is 92.9 Å². The van der Waals surface area contributed by atoms with Gasteiger partial charge in [-0.25, -0.2) is 0 Å². The Morgan fingerprint density at radius 1 is 1.03 bits per heavy atom. The highest BCUT2D eigenvalue weighted by atomic mass is 16.1. The number of carbonyl (C=O) groups excluding carboxylic acids is 1. The molecule has 1 unspecified atom stereocenters. The molecule has 3 aromatic rings. The number of nitrogens with zero attached hydrogens (tertiary/aromatic N) is 1. The van der Waals surface area contributed by atoms with Crippen molar-refractivity contribution in [2.75, 3.05) is 13.1 Å². The van der Waals surface area contributed by atoms with Crippen LogP contribution in [0.5, 0.6) is 0 Å². The SMILES string of the molecule is Cc1cc2[nH]c3c(c2cc1C)CC(CC1CCN(Cc2ccccc2)CC1)C3=O. The number of fused-ring (bicyclic) bond motifs is 3. The van der Waals surface area contributed by atoms with Crippen LogP contribution in [0.2, 0.25) is 0 Å². The van der Waals surface area contributed by atoms with Crippen LogP contribution in [-0.4, -0.2) is 28.8 Å². The first-order valence-corrected chi connectivity index (χ1v) is 11.0. The van der Waals surface area contributed by atoms with Gasteiger partial charge in [-0.15, -0.1) is 0 Å². The molecule has 0 bridgehead atoms. The molecule has 0 radical (unpaired) electrons. The minimum atomic E-state index is 0.174. The number of aromatic nitrogens is 1. The van der Waals surface area contributed by atoms with Crippen molar-refractivity contribution in [3.63, 3.8) is 0 Å². The molecule has 1 fully saturated rings. The second kappa shape index (κ2) is 7.46. The van der Waals surface area contributed by atoms with Gasteiger partial charge >= 0.3 is 0 Å². The molecule has 5 rings (SSSR count). The van der Waals surface area contributed by atoms with Gasteiger partial charge in [0, 0.05) is 23.4 Å². The maximum absolute atomic E-state index is 13.1. The number of likely N-dealkylation sites (tertiary alicyclic amines) is 1. The molecule has 2 heterocycles. The molecule has 1 aliphatic heterocycles. The van der Waals surface area contributed by atoms with Crippen LogP contribution in [-0.2, 0) is 13.0 Å². The fourth-order valence-corrected chi connectivity index (χ4v) is 5.29. The van der Waals surface area contributed by atoms with E-state index in [1.165, 1.54) is 40.5 Å². The minimum absolute atomic E-state index is 0.174. The van der Waals surface area contributed by atoms with Crippen molar-refractivity contribution < 1.29 is 4.79 Å². The number of Topliss-reactive ketones (excluding diaryl/α,β-unsaturated/α-hetero) is 1. The van der Waals surface area contributed by atoms with Gasteiger partial charge in [-0.2, -0.15) is 0 Å². The summed E-state index contributed by atoms with van der Waals surface area (Å²) in [5.74, 6) is 1.20. The van der Waals surface area contributed by atoms with E-state index in [0.717, 1.165) is 43.7 Å². The lowest BCUT2D eigenvalue weighted by Crippen LogP contribution is -2.34. The van der Waals surface area contributed by atoms with Gasteiger partial charge in [0.05, 0.1) is 5.69 Å². The Bertz CT molecular complexity index is 1040. The van der Waals surface area contributed by atoms with Gasteiger partial charge in [0.1, 0.15) is 0 Å². The molecule has 150 valence electrons. The first-order chi connectivity index (χ1) is 14.1. The second-order valence-corrected chi connectivity index (χ2v) is 9.17. The third kappa shape index (κ3) is 3.53. The number of carbonyl (C=O) groups is 1. The number of hydrogen-bond acceptors (Lipinski definition) is 2. The lowest BCUT2D eigenvalue weighted by Gasteiger charge is -2.33.